The van der Waals surface area contributed by atoms with Crippen molar-refractivity contribution in [3.63, 3.8) is 0 Å². The molecular formula is C24H26N4O2S. The van der Waals surface area contributed by atoms with Crippen molar-refractivity contribution in [3.8, 4) is 17.0 Å². The fourth-order valence-electron chi connectivity index (χ4n) is 3.67. The van der Waals surface area contributed by atoms with E-state index in [9.17, 15) is 4.79 Å². The average molecular weight is 435 g/mol. The van der Waals surface area contributed by atoms with Crippen LogP contribution in [-0.4, -0.2) is 59.8 Å². The second-order valence-electron chi connectivity index (χ2n) is 7.37. The monoisotopic (exact) mass is 434 g/mol. The normalized spacial score (nSPS) is 13.9. The molecule has 0 atom stereocenters. The lowest BCUT2D eigenvalue weighted by Gasteiger charge is -2.36. The second kappa shape index (κ2) is 9.83. The number of hydrogen-bond donors (Lipinski definition) is 0. The Kier molecular flexibility index (Phi) is 6.72. The van der Waals surface area contributed by atoms with Crippen molar-refractivity contribution in [2.75, 3.05) is 43.9 Å². The first-order valence-corrected chi connectivity index (χ1v) is 11.3. The number of nitrogens with zero attached hydrogens (tertiary/aromatic N) is 4. The third-order valence-corrected chi connectivity index (χ3v) is 6.12. The van der Waals surface area contributed by atoms with Crippen molar-refractivity contribution >= 4 is 23.4 Å². The third-order valence-electron chi connectivity index (χ3n) is 5.29. The molecule has 0 saturated carbocycles. The summed E-state index contributed by atoms with van der Waals surface area (Å²) in [6, 6.07) is 20.0. The molecule has 1 aromatic heterocycles. The molecule has 7 heteroatoms. The van der Waals surface area contributed by atoms with Gasteiger partial charge < -0.3 is 14.5 Å². The molecule has 0 spiro atoms. The van der Waals surface area contributed by atoms with Crippen LogP contribution in [0.3, 0.4) is 0 Å². The van der Waals surface area contributed by atoms with Crippen LogP contribution in [0.5, 0.6) is 5.75 Å². The molecule has 2 heterocycles. The van der Waals surface area contributed by atoms with Gasteiger partial charge in [-0.15, -0.1) is 0 Å². The number of aromatic nitrogens is 2. The summed E-state index contributed by atoms with van der Waals surface area (Å²) in [5, 5.41) is 0.639. The molecule has 31 heavy (non-hydrogen) atoms. The van der Waals surface area contributed by atoms with Crippen LogP contribution < -0.4 is 9.64 Å². The van der Waals surface area contributed by atoms with Gasteiger partial charge in [0.2, 0.25) is 5.91 Å². The van der Waals surface area contributed by atoms with Crippen LogP contribution in [0.1, 0.15) is 5.69 Å². The lowest BCUT2D eigenvalue weighted by molar-refractivity contribution is -0.128. The number of hydrogen-bond acceptors (Lipinski definition) is 6. The summed E-state index contributed by atoms with van der Waals surface area (Å²) in [4.78, 5) is 26.1. The summed E-state index contributed by atoms with van der Waals surface area (Å²) < 4.78 is 5.47. The van der Waals surface area contributed by atoms with E-state index >= 15 is 0 Å². The number of carbonyl (C=O) groups excluding carboxylic acids is 1. The van der Waals surface area contributed by atoms with E-state index in [0.717, 1.165) is 41.5 Å². The lowest BCUT2D eigenvalue weighted by atomic mass is 10.1. The van der Waals surface area contributed by atoms with Gasteiger partial charge in [0, 0.05) is 37.4 Å². The molecule has 0 aliphatic carbocycles. The molecule has 4 rings (SSSR count). The molecule has 160 valence electrons. The Morgan fingerprint density at radius 1 is 1.00 bits per heavy atom. The number of anilines is 1. The molecule has 1 saturated heterocycles. The van der Waals surface area contributed by atoms with Gasteiger partial charge in [0.05, 0.1) is 24.2 Å². The van der Waals surface area contributed by atoms with Gasteiger partial charge >= 0.3 is 0 Å². The van der Waals surface area contributed by atoms with E-state index in [1.165, 1.54) is 11.8 Å². The van der Waals surface area contributed by atoms with Gasteiger partial charge in [0.1, 0.15) is 5.75 Å². The van der Waals surface area contributed by atoms with Crippen molar-refractivity contribution in [2.45, 2.75) is 12.1 Å². The van der Waals surface area contributed by atoms with Crippen LogP contribution in [0.4, 0.5) is 5.69 Å². The minimum atomic E-state index is 0.121. The minimum Gasteiger partial charge on any atom is -0.495 e. The Bertz CT molecular complexity index is 1040. The maximum absolute atomic E-state index is 12.8. The number of para-hydroxylation sites is 2. The Hall–Kier alpha value is -3.06. The average Bonchev–Trinajstić information content (AvgIpc) is 2.83. The smallest absolute Gasteiger partial charge is 0.233 e. The zero-order valence-corrected chi connectivity index (χ0v) is 18.6. The number of methoxy groups -OCH3 is 1. The van der Waals surface area contributed by atoms with Gasteiger partial charge in [-0.05, 0) is 25.1 Å². The molecule has 1 fully saturated rings. The Balaban J connectivity index is 1.34. The first-order valence-electron chi connectivity index (χ1n) is 10.3. The molecule has 0 radical (unpaired) electrons. The molecular weight excluding hydrogens is 408 g/mol. The molecule has 1 aliphatic rings. The van der Waals surface area contributed by atoms with E-state index in [1.807, 2.05) is 66.4 Å². The zero-order valence-electron chi connectivity index (χ0n) is 17.8. The molecule has 0 unspecified atom stereocenters. The van der Waals surface area contributed by atoms with Crippen molar-refractivity contribution in [1.29, 1.82) is 0 Å². The fraction of sp³-hybridized carbons (Fsp3) is 0.292. The van der Waals surface area contributed by atoms with Crippen molar-refractivity contribution in [2.24, 2.45) is 0 Å². The summed E-state index contributed by atoms with van der Waals surface area (Å²) >= 11 is 1.40. The van der Waals surface area contributed by atoms with Crippen LogP contribution in [0.15, 0.2) is 65.8 Å². The van der Waals surface area contributed by atoms with Crippen molar-refractivity contribution < 1.29 is 9.53 Å². The number of piperazine rings is 1. The van der Waals surface area contributed by atoms with E-state index in [-0.39, 0.29) is 5.91 Å². The Morgan fingerprint density at radius 3 is 2.45 bits per heavy atom. The number of amides is 1. The summed E-state index contributed by atoms with van der Waals surface area (Å²) in [7, 11) is 1.69. The summed E-state index contributed by atoms with van der Waals surface area (Å²) in [6.07, 6.45) is 0. The first kappa shape index (κ1) is 21.2. The lowest BCUT2D eigenvalue weighted by Crippen LogP contribution is -2.49. The highest BCUT2D eigenvalue weighted by atomic mass is 32.2. The summed E-state index contributed by atoms with van der Waals surface area (Å²) in [6.45, 7) is 4.92. The second-order valence-corrected chi connectivity index (χ2v) is 8.31. The molecule has 6 nitrogen and oxygen atoms in total. The van der Waals surface area contributed by atoms with Gasteiger partial charge in [-0.25, -0.2) is 9.97 Å². The van der Waals surface area contributed by atoms with Crippen LogP contribution in [0.25, 0.3) is 11.3 Å². The van der Waals surface area contributed by atoms with Gasteiger partial charge in [-0.3, -0.25) is 4.79 Å². The highest BCUT2D eigenvalue weighted by molar-refractivity contribution is 7.99. The van der Waals surface area contributed by atoms with E-state index < -0.39 is 0 Å². The number of carbonyl (C=O) groups is 1. The van der Waals surface area contributed by atoms with Crippen molar-refractivity contribution in [3.05, 3.63) is 66.4 Å². The molecule has 1 aliphatic heterocycles. The Morgan fingerprint density at radius 2 is 1.71 bits per heavy atom. The highest BCUT2D eigenvalue weighted by Crippen LogP contribution is 2.28. The predicted octanol–water partition coefficient (Wildman–Crippen LogP) is 3.90. The largest absolute Gasteiger partial charge is 0.495 e. The maximum Gasteiger partial charge on any atom is 0.233 e. The summed E-state index contributed by atoms with van der Waals surface area (Å²) in [5.41, 5.74) is 3.91. The molecule has 0 N–H and O–H groups in total. The predicted molar refractivity (Wildman–Crippen MR) is 125 cm³/mol. The number of rotatable bonds is 6. The SMILES string of the molecule is COc1ccccc1N1CCN(C(=O)CSc2nc(C)cc(-c3ccccc3)n2)CC1. The number of ether oxygens (including phenoxy) is 1. The van der Waals surface area contributed by atoms with Crippen LogP contribution in [0.2, 0.25) is 0 Å². The molecule has 0 bridgehead atoms. The molecule has 2 aromatic carbocycles. The molecule has 3 aromatic rings. The fourth-order valence-corrected chi connectivity index (χ4v) is 4.47. The van der Waals surface area contributed by atoms with E-state index in [4.69, 9.17) is 4.74 Å². The maximum atomic E-state index is 12.8. The quantitative estimate of drug-likeness (QED) is 0.433. The first-order chi connectivity index (χ1) is 15.1. The van der Waals surface area contributed by atoms with E-state index in [1.54, 1.807) is 7.11 Å². The van der Waals surface area contributed by atoms with E-state index in [0.29, 0.717) is 24.0 Å². The topological polar surface area (TPSA) is 58.6 Å². The van der Waals surface area contributed by atoms with Crippen molar-refractivity contribution in [1.82, 2.24) is 14.9 Å². The van der Waals surface area contributed by atoms with Gasteiger partial charge in [-0.2, -0.15) is 0 Å². The standard InChI is InChI=1S/C24H26N4O2S/c1-18-16-20(19-8-4-3-5-9-19)26-24(25-18)31-17-23(29)28-14-12-27(13-15-28)21-10-6-7-11-22(21)30-2/h3-11,16H,12-15,17H2,1-2H3. The summed E-state index contributed by atoms with van der Waals surface area (Å²) in [5.74, 6) is 1.33. The number of thioether (sulfide) groups is 1. The van der Waals surface area contributed by atoms with Crippen LogP contribution in [-0.2, 0) is 4.79 Å². The zero-order chi connectivity index (χ0) is 21.6. The van der Waals surface area contributed by atoms with Crippen LogP contribution >= 0.6 is 11.8 Å². The van der Waals surface area contributed by atoms with Gasteiger partial charge in [0.25, 0.3) is 0 Å². The Labute approximate surface area is 187 Å². The van der Waals surface area contributed by atoms with Crippen LogP contribution in [0, 0.1) is 6.92 Å². The third kappa shape index (κ3) is 5.17. The minimum absolute atomic E-state index is 0.121. The van der Waals surface area contributed by atoms with Gasteiger partial charge in [0.15, 0.2) is 5.16 Å². The van der Waals surface area contributed by atoms with Gasteiger partial charge in [-0.1, -0.05) is 54.2 Å². The van der Waals surface area contributed by atoms with E-state index in [2.05, 4.69) is 20.9 Å². The highest BCUT2D eigenvalue weighted by Gasteiger charge is 2.23. The number of aryl methyl sites for hydroxylation is 1. The number of benzene rings is 2. The molecule has 1 amide bonds.